The SMILES string of the molecule is c1ccc(-c2ccc(CC3C[C@@H]4O[C@@H]4C3)cc2)cc1. The summed E-state index contributed by atoms with van der Waals surface area (Å²) in [7, 11) is 0. The second kappa shape index (κ2) is 4.50. The minimum Gasteiger partial charge on any atom is -0.370 e. The zero-order chi connectivity index (χ0) is 12.7. The smallest absolute Gasteiger partial charge is 0.0844 e. The van der Waals surface area contributed by atoms with Crippen molar-refractivity contribution in [3.05, 3.63) is 60.2 Å². The first-order valence-electron chi connectivity index (χ1n) is 7.18. The van der Waals surface area contributed by atoms with Crippen LogP contribution in [0.25, 0.3) is 11.1 Å². The van der Waals surface area contributed by atoms with Crippen molar-refractivity contribution in [2.24, 2.45) is 5.92 Å². The Hall–Kier alpha value is -1.60. The van der Waals surface area contributed by atoms with Crippen molar-refractivity contribution in [3.8, 4) is 11.1 Å². The zero-order valence-corrected chi connectivity index (χ0v) is 11.0. The van der Waals surface area contributed by atoms with E-state index in [1.54, 1.807) is 0 Å². The molecule has 0 amide bonds. The number of ether oxygens (including phenoxy) is 1. The number of hydrogen-bond donors (Lipinski definition) is 0. The molecule has 1 unspecified atom stereocenters. The molecule has 1 heterocycles. The van der Waals surface area contributed by atoms with E-state index in [1.165, 1.54) is 36.0 Å². The molecule has 1 heteroatoms. The van der Waals surface area contributed by atoms with Gasteiger partial charge in [0, 0.05) is 0 Å². The molecule has 0 spiro atoms. The Kier molecular flexibility index (Phi) is 2.66. The molecule has 1 aliphatic carbocycles. The third kappa shape index (κ3) is 2.31. The fourth-order valence-electron chi connectivity index (χ4n) is 3.31. The van der Waals surface area contributed by atoms with Gasteiger partial charge in [-0.25, -0.2) is 0 Å². The first-order valence-corrected chi connectivity index (χ1v) is 7.18. The summed E-state index contributed by atoms with van der Waals surface area (Å²) in [6.07, 6.45) is 4.96. The van der Waals surface area contributed by atoms with Crippen molar-refractivity contribution in [1.29, 1.82) is 0 Å². The summed E-state index contributed by atoms with van der Waals surface area (Å²) in [5, 5.41) is 0. The van der Waals surface area contributed by atoms with Crippen LogP contribution >= 0.6 is 0 Å². The average molecular weight is 250 g/mol. The first-order chi connectivity index (χ1) is 9.38. The molecule has 0 radical (unpaired) electrons. The van der Waals surface area contributed by atoms with Crippen LogP contribution in [0.3, 0.4) is 0 Å². The molecular weight excluding hydrogens is 232 g/mol. The second-order valence-electron chi connectivity index (χ2n) is 5.82. The van der Waals surface area contributed by atoms with Gasteiger partial charge in [-0.05, 0) is 41.9 Å². The van der Waals surface area contributed by atoms with Crippen LogP contribution in [-0.4, -0.2) is 12.2 Å². The van der Waals surface area contributed by atoms with E-state index in [4.69, 9.17) is 4.74 Å². The molecular formula is C18H18O. The van der Waals surface area contributed by atoms with E-state index in [0.29, 0.717) is 12.2 Å². The Morgan fingerprint density at radius 2 is 1.42 bits per heavy atom. The molecule has 2 aliphatic rings. The van der Waals surface area contributed by atoms with E-state index < -0.39 is 0 Å². The van der Waals surface area contributed by atoms with Gasteiger partial charge < -0.3 is 4.74 Å². The van der Waals surface area contributed by atoms with Gasteiger partial charge in [-0.1, -0.05) is 54.6 Å². The van der Waals surface area contributed by atoms with Gasteiger partial charge in [-0.2, -0.15) is 0 Å². The summed E-state index contributed by atoms with van der Waals surface area (Å²) in [6, 6.07) is 19.6. The van der Waals surface area contributed by atoms with Crippen LogP contribution in [0, 0.1) is 5.92 Å². The third-order valence-electron chi connectivity index (χ3n) is 4.40. The second-order valence-corrected chi connectivity index (χ2v) is 5.82. The molecule has 96 valence electrons. The zero-order valence-electron chi connectivity index (χ0n) is 11.0. The largest absolute Gasteiger partial charge is 0.370 e. The lowest BCUT2D eigenvalue weighted by Crippen LogP contribution is -2.03. The summed E-state index contributed by atoms with van der Waals surface area (Å²) < 4.78 is 5.50. The van der Waals surface area contributed by atoms with Gasteiger partial charge in [0.15, 0.2) is 0 Å². The van der Waals surface area contributed by atoms with Crippen LogP contribution in [0.4, 0.5) is 0 Å². The monoisotopic (exact) mass is 250 g/mol. The van der Waals surface area contributed by atoms with E-state index in [2.05, 4.69) is 54.6 Å². The molecule has 19 heavy (non-hydrogen) atoms. The molecule has 1 nitrogen and oxygen atoms in total. The van der Waals surface area contributed by atoms with Gasteiger partial charge in [0.25, 0.3) is 0 Å². The molecule has 3 atom stereocenters. The number of hydrogen-bond acceptors (Lipinski definition) is 1. The molecule has 2 aromatic carbocycles. The summed E-state index contributed by atoms with van der Waals surface area (Å²) >= 11 is 0. The highest BCUT2D eigenvalue weighted by atomic mass is 16.6. The summed E-state index contributed by atoms with van der Waals surface area (Å²) in [4.78, 5) is 0. The number of epoxide rings is 1. The van der Waals surface area contributed by atoms with Gasteiger partial charge in [0.2, 0.25) is 0 Å². The van der Waals surface area contributed by atoms with Crippen LogP contribution < -0.4 is 0 Å². The molecule has 0 bridgehead atoms. The predicted octanol–water partition coefficient (Wildman–Crippen LogP) is 4.07. The van der Waals surface area contributed by atoms with Crippen molar-refractivity contribution in [3.63, 3.8) is 0 Å². The van der Waals surface area contributed by atoms with Crippen LogP contribution in [0.1, 0.15) is 18.4 Å². The van der Waals surface area contributed by atoms with E-state index >= 15 is 0 Å². The Morgan fingerprint density at radius 1 is 0.789 bits per heavy atom. The molecule has 1 saturated carbocycles. The normalized spacial score (nSPS) is 28.1. The number of benzene rings is 2. The highest BCUT2D eigenvalue weighted by Gasteiger charge is 2.47. The lowest BCUT2D eigenvalue weighted by atomic mass is 9.95. The summed E-state index contributed by atoms with van der Waals surface area (Å²) in [5.74, 6) is 0.839. The van der Waals surface area contributed by atoms with Crippen LogP contribution in [0.2, 0.25) is 0 Å². The van der Waals surface area contributed by atoms with Gasteiger partial charge >= 0.3 is 0 Å². The molecule has 1 saturated heterocycles. The maximum atomic E-state index is 5.50. The van der Waals surface area contributed by atoms with E-state index in [-0.39, 0.29) is 0 Å². The lowest BCUT2D eigenvalue weighted by Gasteiger charge is -2.11. The van der Waals surface area contributed by atoms with Crippen molar-refractivity contribution in [2.75, 3.05) is 0 Å². The maximum absolute atomic E-state index is 5.50. The highest BCUT2D eigenvalue weighted by Crippen LogP contribution is 2.43. The van der Waals surface area contributed by atoms with Gasteiger partial charge in [-0.15, -0.1) is 0 Å². The molecule has 2 fully saturated rings. The molecule has 0 N–H and O–H groups in total. The fraction of sp³-hybridized carbons (Fsp3) is 0.333. The Morgan fingerprint density at radius 3 is 2.11 bits per heavy atom. The van der Waals surface area contributed by atoms with Gasteiger partial charge in [0.05, 0.1) is 12.2 Å². The minimum absolute atomic E-state index is 0.605. The van der Waals surface area contributed by atoms with Gasteiger partial charge in [-0.3, -0.25) is 0 Å². The van der Waals surface area contributed by atoms with Crippen molar-refractivity contribution in [1.82, 2.24) is 0 Å². The molecule has 2 aromatic rings. The fourth-order valence-corrected chi connectivity index (χ4v) is 3.31. The van der Waals surface area contributed by atoms with Gasteiger partial charge in [0.1, 0.15) is 0 Å². The van der Waals surface area contributed by atoms with E-state index in [9.17, 15) is 0 Å². The highest BCUT2D eigenvalue weighted by molar-refractivity contribution is 5.63. The lowest BCUT2D eigenvalue weighted by molar-refractivity contribution is 0.272. The van der Waals surface area contributed by atoms with Crippen LogP contribution in [-0.2, 0) is 11.2 Å². The maximum Gasteiger partial charge on any atom is 0.0844 e. The van der Waals surface area contributed by atoms with Crippen molar-refractivity contribution >= 4 is 0 Å². The average Bonchev–Trinajstić information content (AvgIpc) is 3.08. The van der Waals surface area contributed by atoms with E-state index in [0.717, 1.165) is 5.92 Å². The van der Waals surface area contributed by atoms with E-state index in [1.807, 2.05) is 0 Å². The summed E-state index contributed by atoms with van der Waals surface area (Å²) in [5.41, 5.74) is 4.07. The predicted molar refractivity (Wildman–Crippen MR) is 77.0 cm³/mol. The van der Waals surface area contributed by atoms with Crippen molar-refractivity contribution in [2.45, 2.75) is 31.5 Å². The van der Waals surface area contributed by atoms with Crippen LogP contribution in [0.5, 0.6) is 0 Å². The van der Waals surface area contributed by atoms with Crippen LogP contribution in [0.15, 0.2) is 54.6 Å². The summed E-state index contributed by atoms with van der Waals surface area (Å²) in [6.45, 7) is 0. The number of fused-ring (bicyclic) bond motifs is 1. The Bertz CT molecular complexity index is 548. The first kappa shape index (κ1) is 11.2. The topological polar surface area (TPSA) is 12.5 Å². The molecule has 4 rings (SSSR count). The third-order valence-corrected chi connectivity index (χ3v) is 4.40. The molecule has 1 aliphatic heterocycles. The molecule has 0 aromatic heterocycles. The Balaban J connectivity index is 1.47. The minimum atomic E-state index is 0.605. The standard InChI is InChI=1S/C18H18O/c1-2-4-15(5-3-1)16-8-6-13(7-9-16)10-14-11-17-18(12-14)19-17/h1-9,14,17-18H,10-12H2/t14?,17-,18+. The van der Waals surface area contributed by atoms with Crippen molar-refractivity contribution < 1.29 is 4.74 Å². The quantitative estimate of drug-likeness (QED) is 0.748. The number of rotatable bonds is 3. The Labute approximate surface area is 114 Å².